The number of hydrogen-bond donors (Lipinski definition) is 1. The maximum absolute atomic E-state index is 4.32. The summed E-state index contributed by atoms with van der Waals surface area (Å²) < 4.78 is 0. The Morgan fingerprint density at radius 1 is 1.00 bits per heavy atom. The molecular formula is C15H27N3. The van der Waals surface area contributed by atoms with E-state index in [2.05, 4.69) is 36.1 Å². The van der Waals surface area contributed by atoms with E-state index < -0.39 is 0 Å². The molecule has 1 heterocycles. The normalized spacial score (nSPS) is 11.7. The summed E-state index contributed by atoms with van der Waals surface area (Å²) >= 11 is 0. The molecule has 0 aliphatic carbocycles. The zero-order chi connectivity index (χ0) is 13.3. The quantitative estimate of drug-likeness (QED) is 0.679. The molecule has 1 N–H and O–H groups in total. The summed E-state index contributed by atoms with van der Waals surface area (Å²) in [5, 5.41) is 3.54. The Morgan fingerprint density at radius 2 is 1.61 bits per heavy atom. The van der Waals surface area contributed by atoms with Crippen LogP contribution in [0, 0.1) is 0 Å². The van der Waals surface area contributed by atoms with Crippen LogP contribution in [0.3, 0.4) is 0 Å². The lowest BCUT2D eigenvalue weighted by atomic mass is 10.0. The van der Waals surface area contributed by atoms with Crippen molar-refractivity contribution in [3.8, 4) is 0 Å². The first-order chi connectivity index (χ1) is 8.67. The first-order valence-corrected chi connectivity index (χ1v) is 7.19. The molecule has 0 unspecified atom stereocenters. The Hall–Kier alpha value is -0.960. The number of hydrogen-bond acceptors (Lipinski definition) is 3. The van der Waals surface area contributed by atoms with Crippen LogP contribution in [-0.2, 0) is 5.54 Å². The molecule has 0 aromatic carbocycles. The molecule has 3 nitrogen and oxygen atoms in total. The van der Waals surface area contributed by atoms with E-state index in [1.807, 2.05) is 6.07 Å². The highest BCUT2D eigenvalue weighted by Gasteiger charge is 2.21. The van der Waals surface area contributed by atoms with E-state index in [-0.39, 0.29) is 5.54 Å². The predicted octanol–water partition coefficient (Wildman–Crippen LogP) is 3.66. The number of rotatable bonds is 9. The summed E-state index contributed by atoms with van der Waals surface area (Å²) in [6.07, 6.45) is 11.6. The lowest BCUT2D eigenvalue weighted by Crippen LogP contribution is -2.38. The number of aromatic nitrogens is 2. The van der Waals surface area contributed by atoms with Crippen molar-refractivity contribution in [3.63, 3.8) is 0 Å². The van der Waals surface area contributed by atoms with Crippen molar-refractivity contribution in [3.05, 3.63) is 24.3 Å². The summed E-state index contributed by atoms with van der Waals surface area (Å²) in [4.78, 5) is 8.63. The van der Waals surface area contributed by atoms with Crippen LogP contribution in [0.15, 0.2) is 18.5 Å². The second-order valence-corrected chi connectivity index (χ2v) is 5.39. The highest BCUT2D eigenvalue weighted by Crippen LogP contribution is 2.14. The monoisotopic (exact) mass is 249 g/mol. The summed E-state index contributed by atoms with van der Waals surface area (Å²) in [5.74, 6) is 0.871. The van der Waals surface area contributed by atoms with Crippen molar-refractivity contribution in [1.29, 1.82) is 0 Å². The van der Waals surface area contributed by atoms with Gasteiger partial charge in [-0.25, -0.2) is 9.97 Å². The van der Waals surface area contributed by atoms with Crippen molar-refractivity contribution in [2.45, 2.75) is 64.8 Å². The van der Waals surface area contributed by atoms with E-state index in [0.717, 1.165) is 12.4 Å². The van der Waals surface area contributed by atoms with Crippen molar-refractivity contribution in [1.82, 2.24) is 15.3 Å². The van der Waals surface area contributed by atoms with Gasteiger partial charge in [0.2, 0.25) is 0 Å². The molecule has 0 fully saturated rings. The summed E-state index contributed by atoms with van der Waals surface area (Å²) in [5.41, 5.74) is -0.134. The van der Waals surface area contributed by atoms with Gasteiger partial charge in [0, 0.05) is 12.4 Å². The van der Waals surface area contributed by atoms with E-state index in [1.54, 1.807) is 12.4 Å². The molecule has 0 amide bonds. The van der Waals surface area contributed by atoms with Gasteiger partial charge in [0.05, 0.1) is 5.54 Å². The highest BCUT2D eigenvalue weighted by atomic mass is 15.0. The van der Waals surface area contributed by atoms with Crippen LogP contribution < -0.4 is 5.32 Å². The van der Waals surface area contributed by atoms with E-state index in [1.165, 1.54) is 38.5 Å². The first kappa shape index (κ1) is 15.1. The Morgan fingerprint density at radius 3 is 2.28 bits per heavy atom. The highest BCUT2D eigenvalue weighted by molar-refractivity contribution is 5.01. The van der Waals surface area contributed by atoms with E-state index >= 15 is 0 Å². The molecular weight excluding hydrogens is 222 g/mol. The SMILES string of the molecule is CCCCCCCCNC(C)(C)c1ncccn1. The molecule has 102 valence electrons. The molecule has 1 rings (SSSR count). The summed E-state index contributed by atoms with van der Waals surface area (Å²) in [6.45, 7) is 7.57. The molecule has 1 aromatic heterocycles. The summed E-state index contributed by atoms with van der Waals surface area (Å²) in [6, 6.07) is 1.85. The molecule has 0 atom stereocenters. The fourth-order valence-corrected chi connectivity index (χ4v) is 2.01. The van der Waals surface area contributed by atoms with E-state index in [4.69, 9.17) is 0 Å². The zero-order valence-electron chi connectivity index (χ0n) is 12.1. The minimum Gasteiger partial charge on any atom is -0.305 e. The van der Waals surface area contributed by atoms with Crippen LogP contribution in [0.1, 0.15) is 65.1 Å². The van der Waals surface area contributed by atoms with Crippen LogP contribution in [0.4, 0.5) is 0 Å². The minimum atomic E-state index is -0.134. The lowest BCUT2D eigenvalue weighted by Gasteiger charge is -2.24. The van der Waals surface area contributed by atoms with E-state index in [0.29, 0.717) is 0 Å². The molecule has 0 saturated carbocycles. The second-order valence-electron chi connectivity index (χ2n) is 5.39. The Balaban J connectivity index is 2.18. The Labute approximate surface area is 111 Å². The molecule has 1 aromatic rings. The van der Waals surface area contributed by atoms with Gasteiger partial charge < -0.3 is 5.32 Å². The van der Waals surface area contributed by atoms with Crippen LogP contribution in [0.2, 0.25) is 0 Å². The van der Waals surface area contributed by atoms with Gasteiger partial charge in [0.1, 0.15) is 5.82 Å². The molecule has 0 aliphatic rings. The standard InChI is InChI=1S/C15H27N3/c1-4-5-6-7-8-9-13-18-15(2,3)14-16-11-10-12-17-14/h10-12,18H,4-9,13H2,1-3H3. The largest absolute Gasteiger partial charge is 0.305 e. The van der Waals surface area contributed by atoms with Crippen LogP contribution in [0.5, 0.6) is 0 Å². The van der Waals surface area contributed by atoms with Gasteiger partial charge >= 0.3 is 0 Å². The topological polar surface area (TPSA) is 37.8 Å². The fraction of sp³-hybridized carbons (Fsp3) is 0.733. The lowest BCUT2D eigenvalue weighted by molar-refractivity contribution is 0.373. The third-order valence-electron chi connectivity index (χ3n) is 3.22. The third-order valence-corrected chi connectivity index (χ3v) is 3.22. The Kier molecular flexibility index (Phi) is 6.88. The van der Waals surface area contributed by atoms with Gasteiger partial charge in [-0.1, -0.05) is 39.0 Å². The maximum atomic E-state index is 4.32. The molecule has 0 aliphatic heterocycles. The third kappa shape index (κ3) is 5.58. The fourth-order valence-electron chi connectivity index (χ4n) is 2.01. The number of nitrogens with zero attached hydrogens (tertiary/aromatic N) is 2. The predicted molar refractivity (Wildman–Crippen MR) is 76.4 cm³/mol. The number of unbranched alkanes of at least 4 members (excludes halogenated alkanes) is 5. The average Bonchev–Trinajstić information content (AvgIpc) is 2.39. The van der Waals surface area contributed by atoms with Gasteiger partial charge in [0.25, 0.3) is 0 Å². The van der Waals surface area contributed by atoms with Crippen LogP contribution in [-0.4, -0.2) is 16.5 Å². The van der Waals surface area contributed by atoms with Crippen molar-refractivity contribution >= 4 is 0 Å². The van der Waals surface area contributed by atoms with Crippen molar-refractivity contribution in [2.75, 3.05) is 6.54 Å². The van der Waals surface area contributed by atoms with Gasteiger partial charge in [0.15, 0.2) is 0 Å². The molecule has 0 saturated heterocycles. The minimum absolute atomic E-state index is 0.134. The van der Waals surface area contributed by atoms with Crippen molar-refractivity contribution in [2.24, 2.45) is 0 Å². The number of nitrogens with one attached hydrogen (secondary N) is 1. The second kappa shape index (κ2) is 8.20. The van der Waals surface area contributed by atoms with Crippen LogP contribution >= 0.6 is 0 Å². The van der Waals surface area contributed by atoms with Crippen molar-refractivity contribution < 1.29 is 0 Å². The van der Waals surface area contributed by atoms with Gasteiger partial charge in [-0.3, -0.25) is 0 Å². The molecule has 0 spiro atoms. The molecule has 18 heavy (non-hydrogen) atoms. The maximum Gasteiger partial charge on any atom is 0.147 e. The zero-order valence-corrected chi connectivity index (χ0v) is 12.1. The van der Waals surface area contributed by atoms with Gasteiger partial charge in [-0.2, -0.15) is 0 Å². The van der Waals surface area contributed by atoms with Gasteiger partial charge in [-0.15, -0.1) is 0 Å². The molecule has 3 heteroatoms. The molecule has 0 bridgehead atoms. The van der Waals surface area contributed by atoms with E-state index in [9.17, 15) is 0 Å². The Bertz CT molecular complexity index is 309. The smallest absolute Gasteiger partial charge is 0.147 e. The first-order valence-electron chi connectivity index (χ1n) is 7.19. The van der Waals surface area contributed by atoms with Gasteiger partial charge in [-0.05, 0) is 32.9 Å². The summed E-state index contributed by atoms with van der Waals surface area (Å²) in [7, 11) is 0. The van der Waals surface area contributed by atoms with Crippen LogP contribution in [0.25, 0.3) is 0 Å². The average molecular weight is 249 g/mol. The molecule has 0 radical (unpaired) electrons.